The van der Waals surface area contributed by atoms with Crippen molar-refractivity contribution in [1.29, 1.82) is 0 Å². The molecule has 5 nitrogen and oxygen atoms in total. The number of amides is 1. The maximum absolute atomic E-state index is 13.4. The van der Waals surface area contributed by atoms with Crippen LogP contribution in [0.2, 0.25) is 0 Å². The first-order chi connectivity index (χ1) is 15.8. The lowest BCUT2D eigenvalue weighted by Crippen LogP contribution is -2.29. The van der Waals surface area contributed by atoms with Crippen LogP contribution in [0.3, 0.4) is 0 Å². The SMILES string of the molecule is Cc1ccc2nc(N3C(=O)C(=O)/C(=C(/O)c4ccc(F)cc4)[C@H]3c3ccc(Br)cc3)sc2c1. The quantitative estimate of drug-likeness (QED) is 0.199. The standard InChI is InChI=1S/C25H16BrFN2O3S/c1-13-2-11-18-19(12-13)33-25(28-18)29-21(14-3-7-16(26)8-4-14)20(23(31)24(29)32)22(30)15-5-9-17(27)10-6-15/h2-12,21,30H,1H3/b22-20+/t21-/m1/s1. The van der Waals surface area contributed by atoms with Crippen LogP contribution in [0.4, 0.5) is 9.52 Å². The number of nitrogens with zero attached hydrogens (tertiary/aromatic N) is 2. The Balaban J connectivity index is 1.73. The maximum Gasteiger partial charge on any atom is 0.301 e. The Hall–Kier alpha value is -3.36. The lowest BCUT2D eigenvalue weighted by atomic mass is 9.95. The molecule has 0 saturated carbocycles. The van der Waals surface area contributed by atoms with E-state index in [9.17, 15) is 19.1 Å². The molecule has 5 rings (SSSR count). The number of aromatic nitrogens is 1. The van der Waals surface area contributed by atoms with Crippen LogP contribution in [0.1, 0.15) is 22.7 Å². The van der Waals surface area contributed by atoms with Gasteiger partial charge < -0.3 is 5.11 Å². The number of hydrogen-bond donors (Lipinski definition) is 1. The number of benzene rings is 3. The molecule has 0 radical (unpaired) electrons. The summed E-state index contributed by atoms with van der Waals surface area (Å²) in [6.45, 7) is 1.97. The van der Waals surface area contributed by atoms with Crippen LogP contribution >= 0.6 is 27.3 Å². The molecule has 4 aromatic rings. The Morgan fingerprint density at radius 3 is 2.45 bits per heavy atom. The van der Waals surface area contributed by atoms with Crippen molar-refractivity contribution >= 4 is 60.1 Å². The number of rotatable bonds is 3. The molecule has 2 heterocycles. The van der Waals surface area contributed by atoms with Crippen LogP contribution in [0.5, 0.6) is 0 Å². The number of aliphatic hydroxyl groups is 1. The van der Waals surface area contributed by atoms with Gasteiger partial charge in [0.2, 0.25) is 0 Å². The first-order valence-corrected chi connectivity index (χ1v) is 11.6. The van der Waals surface area contributed by atoms with E-state index in [4.69, 9.17) is 0 Å². The van der Waals surface area contributed by atoms with Crippen LogP contribution in [-0.2, 0) is 9.59 Å². The summed E-state index contributed by atoms with van der Waals surface area (Å²) in [5.74, 6) is -2.43. The van der Waals surface area contributed by atoms with E-state index in [0.29, 0.717) is 10.7 Å². The van der Waals surface area contributed by atoms with Crippen molar-refractivity contribution in [2.75, 3.05) is 4.90 Å². The monoisotopic (exact) mass is 522 g/mol. The first kappa shape index (κ1) is 21.5. The third-order valence-corrected chi connectivity index (χ3v) is 7.03. The zero-order valence-electron chi connectivity index (χ0n) is 17.3. The highest BCUT2D eigenvalue weighted by molar-refractivity contribution is 9.10. The number of ketones is 1. The fourth-order valence-corrected chi connectivity index (χ4v) is 5.23. The zero-order valence-corrected chi connectivity index (χ0v) is 19.7. The average Bonchev–Trinajstić information content (AvgIpc) is 3.32. The van der Waals surface area contributed by atoms with Crippen molar-refractivity contribution in [3.8, 4) is 0 Å². The second-order valence-corrected chi connectivity index (χ2v) is 9.62. The van der Waals surface area contributed by atoms with Crippen molar-refractivity contribution in [2.24, 2.45) is 0 Å². The van der Waals surface area contributed by atoms with E-state index in [0.717, 1.165) is 20.3 Å². The summed E-state index contributed by atoms with van der Waals surface area (Å²) < 4.78 is 15.1. The molecule has 1 aliphatic heterocycles. The molecule has 8 heteroatoms. The summed E-state index contributed by atoms with van der Waals surface area (Å²) >= 11 is 4.71. The van der Waals surface area contributed by atoms with Gasteiger partial charge in [-0.15, -0.1) is 0 Å². The summed E-state index contributed by atoms with van der Waals surface area (Å²) in [6.07, 6.45) is 0. The molecule has 0 aliphatic carbocycles. The largest absolute Gasteiger partial charge is 0.507 e. The van der Waals surface area contributed by atoms with Crippen molar-refractivity contribution in [3.05, 3.63) is 99.3 Å². The van der Waals surface area contributed by atoms with E-state index in [1.165, 1.54) is 40.5 Å². The van der Waals surface area contributed by atoms with E-state index in [1.807, 2.05) is 25.1 Å². The van der Waals surface area contributed by atoms with Crippen molar-refractivity contribution in [1.82, 2.24) is 4.98 Å². The van der Waals surface area contributed by atoms with E-state index >= 15 is 0 Å². The molecular weight excluding hydrogens is 507 g/mol. The van der Waals surface area contributed by atoms with E-state index in [-0.39, 0.29) is 16.9 Å². The predicted octanol–water partition coefficient (Wildman–Crippen LogP) is 6.13. The smallest absolute Gasteiger partial charge is 0.301 e. The molecule has 1 fully saturated rings. The van der Waals surface area contributed by atoms with Gasteiger partial charge in [0.1, 0.15) is 11.6 Å². The molecule has 0 spiro atoms. The Bertz CT molecular complexity index is 1450. The minimum atomic E-state index is -0.884. The van der Waals surface area contributed by atoms with Gasteiger partial charge >= 0.3 is 5.91 Å². The highest BCUT2D eigenvalue weighted by Crippen LogP contribution is 2.44. The van der Waals surface area contributed by atoms with Gasteiger partial charge in [0.05, 0.1) is 21.8 Å². The van der Waals surface area contributed by atoms with Crippen LogP contribution in [-0.4, -0.2) is 21.8 Å². The topological polar surface area (TPSA) is 70.5 Å². The summed E-state index contributed by atoms with van der Waals surface area (Å²) in [4.78, 5) is 32.3. The van der Waals surface area contributed by atoms with Crippen LogP contribution < -0.4 is 4.90 Å². The van der Waals surface area contributed by atoms with Gasteiger partial charge in [0.25, 0.3) is 5.78 Å². The van der Waals surface area contributed by atoms with Gasteiger partial charge in [-0.2, -0.15) is 0 Å². The molecule has 1 aromatic heterocycles. The lowest BCUT2D eigenvalue weighted by Gasteiger charge is -2.23. The molecule has 164 valence electrons. The van der Waals surface area contributed by atoms with Gasteiger partial charge in [-0.3, -0.25) is 14.5 Å². The van der Waals surface area contributed by atoms with Crippen LogP contribution in [0, 0.1) is 12.7 Å². The lowest BCUT2D eigenvalue weighted by molar-refractivity contribution is -0.132. The number of carbonyl (C=O) groups is 2. The highest BCUT2D eigenvalue weighted by atomic mass is 79.9. The van der Waals surface area contributed by atoms with Crippen molar-refractivity contribution in [2.45, 2.75) is 13.0 Å². The van der Waals surface area contributed by atoms with Gasteiger partial charge in [0.15, 0.2) is 5.13 Å². The second-order valence-electron chi connectivity index (χ2n) is 7.70. The van der Waals surface area contributed by atoms with Gasteiger partial charge in [-0.25, -0.2) is 9.37 Å². The Kier molecular flexibility index (Phi) is 5.34. The molecule has 1 atom stereocenters. The highest BCUT2D eigenvalue weighted by Gasteiger charge is 2.48. The summed E-state index contributed by atoms with van der Waals surface area (Å²) in [6, 6.07) is 17.2. The number of carbonyl (C=O) groups excluding carboxylic acids is 2. The molecule has 1 saturated heterocycles. The number of halogens is 2. The van der Waals surface area contributed by atoms with Gasteiger partial charge in [-0.05, 0) is 66.6 Å². The minimum absolute atomic E-state index is 0.0654. The average molecular weight is 523 g/mol. The number of anilines is 1. The number of aliphatic hydroxyl groups excluding tert-OH is 1. The third kappa shape index (κ3) is 3.75. The maximum atomic E-state index is 13.4. The van der Waals surface area contributed by atoms with Gasteiger partial charge in [0, 0.05) is 10.0 Å². The van der Waals surface area contributed by atoms with Crippen molar-refractivity contribution < 1.29 is 19.1 Å². The summed E-state index contributed by atoms with van der Waals surface area (Å²) in [5, 5.41) is 11.4. The van der Waals surface area contributed by atoms with Crippen LogP contribution in [0.15, 0.2) is 76.8 Å². The number of Topliss-reactive ketones (excluding diaryl/α,β-unsaturated/α-hetero) is 1. The third-order valence-electron chi connectivity index (χ3n) is 5.49. The number of hydrogen-bond acceptors (Lipinski definition) is 5. The molecule has 1 aliphatic rings. The molecule has 1 N–H and O–H groups in total. The van der Waals surface area contributed by atoms with E-state index in [1.54, 1.807) is 24.3 Å². The van der Waals surface area contributed by atoms with Gasteiger partial charge in [-0.1, -0.05) is 45.5 Å². The van der Waals surface area contributed by atoms with E-state index < -0.39 is 23.5 Å². The molecule has 33 heavy (non-hydrogen) atoms. The Morgan fingerprint density at radius 2 is 1.76 bits per heavy atom. The van der Waals surface area contributed by atoms with Crippen molar-refractivity contribution in [3.63, 3.8) is 0 Å². The zero-order chi connectivity index (χ0) is 23.3. The fraction of sp³-hybridized carbons (Fsp3) is 0.0800. The molecular formula is C25H16BrFN2O3S. The normalized spacial score (nSPS) is 17.8. The number of aryl methyl sites for hydroxylation is 1. The summed E-state index contributed by atoms with van der Waals surface area (Å²) in [5.41, 5.74) is 2.59. The number of thiazole rings is 1. The molecule has 0 bridgehead atoms. The Labute approximate surface area is 200 Å². The second kappa shape index (κ2) is 8.20. The first-order valence-electron chi connectivity index (χ1n) is 10.0. The molecule has 1 amide bonds. The van der Waals surface area contributed by atoms with E-state index in [2.05, 4.69) is 20.9 Å². The fourth-order valence-electron chi connectivity index (χ4n) is 3.88. The molecule has 3 aromatic carbocycles. The number of fused-ring (bicyclic) bond motifs is 1. The Morgan fingerprint density at radius 1 is 1.06 bits per heavy atom. The minimum Gasteiger partial charge on any atom is -0.507 e. The van der Waals surface area contributed by atoms with Crippen LogP contribution in [0.25, 0.3) is 16.0 Å². The predicted molar refractivity (Wildman–Crippen MR) is 130 cm³/mol. The molecule has 0 unspecified atom stereocenters. The summed E-state index contributed by atoms with van der Waals surface area (Å²) in [7, 11) is 0.